The van der Waals surface area contributed by atoms with Crippen molar-refractivity contribution in [3.05, 3.63) is 89.1 Å². The lowest BCUT2D eigenvalue weighted by atomic mass is 10.00. The zero-order valence-electron chi connectivity index (χ0n) is 19.5. The minimum atomic E-state index is -3.76. The molecule has 0 aliphatic carbocycles. The Kier molecular flexibility index (Phi) is 7.57. The predicted molar refractivity (Wildman–Crippen MR) is 134 cm³/mol. The third-order valence-electron chi connectivity index (χ3n) is 5.97. The van der Waals surface area contributed by atoms with E-state index in [0.29, 0.717) is 12.1 Å². The van der Waals surface area contributed by atoms with E-state index in [2.05, 4.69) is 44.2 Å². The average Bonchev–Trinajstić information content (AvgIpc) is 2.87. The maximum atomic E-state index is 12.4. The van der Waals surface area contributed by atoms with Gasteiger partial charge in [0.1, 0.15) is 5.82 Å². The molecule has 0 spiro atoms. The summed E-state index contributed by atoms with van der Waals surface area (Å²) < 4.78 is 27.1. The van der Waals surface area contributed by atoms with E-state index in [1.54, 1.807) is 6.20 Å². The molecule has 1 aromatic heterocycles. The van der Waals surface area contributed by atoms with Crippen LogP contribution in [0.1, 0.15) is 40.4 Å². The molecule has 2 heterocycles. The van der Waals surface area contributed by atoms with Crippen LogP contribution in [0.3, 0.4) is 0 Å². The topological polar surface area (TPSA) is 108 Å². The quantitative estimate of drug-likeness (QED) is 0.445. The van der Waals surface area contributed by atoms with Gasteiger partial charge in [-0.2, -0.15) is 0 Å². The number of aromatic nitrogens is 1. The maximum absolute atomic E-state index is 12.4. The summed E-state index contributed by atoms with van der Waals surface area (Å²) in [4.78, 5) is 30.4. The number of pyridine rings is 1. The van der Waals surface area contributed by atoms with Crippen LogP contribution >= 0.6 is 0 Å². The van der Waals surface area contributed by atoms with Gasteiger partial charge in [-0.05, 0) is 48.2 Å². The highest BCUT2D eigenvalue weighted by molar-refractivity contribution is 7.89. The van der Waals surface area contributed by atoms with E-state index in [1.807, 2.05) is 12.1 Å². The molecule has 2 aromatic carbocycles. The third kappa shape index (κ3) is 6.32. The van der Waals surface area contributed by atoms with Gasteiger partial charge in [0.05, 0.1) is 4.90 Å². The molecule has 4 rings (SSSR count). The van der Waals surface area contributed by atoms with Crippen molar-refractivity contribution in [1.29, 1.82) is 0 Å². The first-order valence-corrected chi connectivity index (χ1v) is 12.9. The second-order valence-corrected chi connectivity index (χ2v) is 10.2. The largest absolute Gasteiger partial charge is 0.352 e. The van der Waals surface area contributed by atoms with E-state index in [0.717, 1.165) is 30.9 Å². The highest BCUT2D eigenvalue weighted by Crippen LogP contribution is 2.23. The monoisotopic (exact) mass is 492 g/mol. The van der Waals surface area contributed by atoms with Crippen molar-refractivity contribution in [3.8, 4) is 0 Å². The van der Waals surface area contributed by atoms with E-state index < -0.39 is 10.0 Å². The van der Waals surface area contributed by atoms with Gasteiger partial charge in [0, 0.05) is 44.4 Å². The summed E-state index contributed by atoms with van der Waals surface area (Å²) in [5.74, 6) is 0.498. The van der Waals surface area contributed by atoms with E-state index in [1.165, 1.54) is 42.3 Å². The van der Waals surface area contributed by atoms with Crippen molar-refractivity contribution < 1.29 is 18.0 Å². The van der Waals surface area contributed by atoms with Crippen molar-refractivity contribution in [2.75, 3.05) is 18.0 Å². The van der Waals surface area contributed by atoms with E-state index in [-0.39, 0.29) is 29.6 Å². The molecule has 3 aromatic rings. The molecule has 0 bridgehead atoms. The van der Waals surface area contributed by atoms with Crippen molar-refractivity contribution >= 4 is 27.5 Å². The predicted octanol–water partition coefficient (Wildman–Crippen LogP) is 2.83. The first-order valence-electron chi connectivity index (χ1n) is 11.5. The van der Waals surface area contributed by atoms with E-state index in [9.17, 15) is 18.0 Å². The SMILES string of the molecule is CC(=O)c1ccc(S(=O)(=O)NCCC(=O)NCc2ccc(N3CCc4ccccc4C3)nc2)cc1. The number of hydrogen-bond donors (Lipinski definition) is 2. The number of amides is 1. The summed E-state index contributed by atoms with van der Waals surface area (Å²) in [7, 11) is -3.76. The van der Waals surface area contributed by atoms with Crippen LogP contribution < -0.4 is 14.9 Å². The summed E-state index contributed by atoms with van der Waals surface area (Å²) >= 11 is 0. The van der Waals surface area contributed by atoms with Crippen molar-refractivity contribution in [2.45, 2.75) is 37.8 Å². The summed E-state index contributed by atoms with van der Waals surface area (Å²) in [6, 6.07) is 18.0. The van der Waals surface area contributed by atoms with E-state index >= 15 is 0 Å². The number of hydrogen-bond acceptors (Lipinski definition) is 6. The number of anilines is 1. The van der Waals surface area contributed by atoms with Gasteiger partial charge in [0.25, 0.3) is 0 Å². The molecule has 182 valence electrons. The van der Waals surface area contributed by atoms with Crippen LogP contribution in [0.15, 0.2) is 71.8 Å². The van der Waals surface area contributed by atoms with Crippen LogP contribution in [0, 0.1) is 0 Å². The van der Waals surface area contributed by atoms with Crippen molar-refractivity contribution in [2.24, 2.45) is 0 Å². The molecule has 0 saturated heterocycles. The molecular formula is C26H28N4O4S. The molecular weight excluding hydrogens is 464 g/mol. The number of ketones is 1. The lowest BCUT2D eigenvalue weighted by Gasteiger charge is -2.29. The van der Waals surface area contributed by atoms with Crippen LogP contribution in [-0.4, -0.2) is 38.2 Å². The Hall–Kier alpha value is -3.56. The Morgan fingerprint density at radius 2 is 1.74 bits per heavy atom. The Morgan fingerprint density at radius 3 is 2.43 bits per heavy atom. The fraction of sp³-hybridized carbons (Fsp3) is 0.269. The second-order valence-electron chi connectivity index (χ2n) is 8.47. The lowest BCUT2D eigenvalue weighted by molar-refractivity contribution is -0.121. The Labute approximate surface area is 205 Å². The van der Waals surface area contributed by atoms with Gasteiger partial charge in [-0.25, -0.2) is 18.1 Å². The third-order valence-corrected chi connectivity index (χ3v) is 7.45. The number of fused-ring (bicyclic) bond motifs is 1. The first-order chi connectivity index (χ1) is 16.8. The summed E-state index contributed by atoms with van der Waals surface area (Å²) in [6.07, 6.45) is 2.75. The van der Waals surface area contributed by atoms with Gasteiger partial charge >= 0.3 is 0 Å². The van der Waals surface area contributed by atoms with Crippen LogP contribution in [0.5, 0.6) is 0 Å². The Balaban J connectivity index is 1.22. The van der Waals surface area contributed by atoms with Gasteiger partial charge in [0.2, 0.25) is 15.9 Å². The number of carbonyl (C=O) groups excluding carboxylic acids is 2. The Morgan fingerprint density at radius 1 is 1.00 bits per heavy atom. The maximum Gasteiger partial charge on any atom is 0.240 e. The van der Waals surface area contributed by atoms with Gasteiger partial charge in [-0.3, -0.25) is 9.59 Å². The van der Waals surface area contributed by atoms with Crippen LogP contribution in [-0.2, 0) is 34.3 Å². The number of nitrogens with one attached hydrogen (secondary N) is 2. The number of carbonyl (C=O) groups is 2. The molecule has 0 fully saturated rings. The molecule has 35 heavy (non-hydrogen) atoms. The summed E-state index contributed by atoms with van der Waals surface area (Å²) in [5.41, 5.74) is 4.01. The fourth-order valence-electron chi connectivity index (χ4n) is 3.94. The minimum absolute atomic E-state index is 0.00343. The van der Waals surface area contributed by atoms with Crippen molar-refractivity contribution in [1.82, 2.24) is 15.0 Å². The van der Waals surface area contributed by atoms with Crippen LogP contribution in [0.4, 0.5) is 5.82 Å². The zero-order valence-corrected chi connectivity index (χ0v) is 20.3. The number of Topliss-reactive ketones (excluding diaryl/α,β-unsaturated/α-hetero) is 1. The number of rotatable bonds is 9. The molecule has 2 N–H and O–H groups in total. The second kappa shape index (κ2) is 10.8. The zero-order chi connectivity index (χ0) is 24.8. The number of sulfonamides is 1. The van der Waals surface area contributed by atoms with Gasteiger partial charge < -0.3 is 10.2 Å². The smallest absolute Gasteiger partial charge is 0.240 e. The highest BCUT2D eigenvalue weighted by atomic mass is 32.2. The fourth-order valence-corrected chi connectivity index (χ4v) is 4.97. The molecule has 1 amide bonds. The standard InChI is InChI=1S/C26H28N4O4S/c1-19(31)21-7-9-24(10-8-21)35(33,34)29-14-12-26(32)28-17-20-6-11-25(27-16-20)30-15-13-22-4-2-3-5-23(22)18-30/h2-11,16,29H,12-15,17-18H2,1H3,(H,28,32). The van der Waals surface area contributed by atoms with Crippen LogP contribution in [0.2, 0.25) is 0 Å². The van der Waals surface area contributed by atoms with Crippen molar-refractivity contribution in [3.63, 3.8) is 0 Å². The molecule has 0 atom stereocenters. The van der Waals surface area contributed by atoms with Gasteiger partial charge in [0.15, 0.2) is 5.78 Å². The normalized spacial score (nSPS) is 13.2. The number of nitrogens with zero attached hydrogens (tertiary/aromatic N) is 2. The molecule has 0 radical (unpaired) electrons. The summed E-state index contributed by atoms with van der Waals surface area (Å²) in [6.45, 7) is 3.44. The lowest BCUT2D eigenvalue weighted by Crippen LogP contribution is -2.31. The van der Waals surface area contributed by atoms with Gasteiger partial charge in [-0.1, -0.05) is 42.5 Å². The van der Waals surface area contributed by atoms with E-state index in [4.69, 9.17) is 0 Å². The molecule has 1 aliphatic rings. The molecule has 9 heteroatoms. The van der Waals surface area contributed by atoms with Gasteiger partial charge in [-0.15, -0.1) is 0 Å². The Bertz CT molecular complexity index is 1310. The molecule has 0 saturated carbocycles. The highest BCUT2D eigenvalue weighted by Gasteiger charge is 2.17. The molecule has 8 nitrogen and oxygen atoms in total. The molecule has 1 aliphatic heterocycles. The average molecular weight is 493 g/mol. The minimum Gasteiger partial charge on any atom is -0.352 e. The number of benzene rings is 2. The molecule has 0 unspecified atom stereocenters. The summed E-state index contributed by atoms with van der Waals surface area (Å²) in [5, 5.41) is 2.79. The first kappa shape index (κ1) is 24.6. The van der Waals surface area contributed by atoms with Crippen LogP contribution in [0.25, 0.3) is 0 Å².